The zero-order valence-electron chi connectivity index (χ0n) is 20.5. The summed E-state index contributed by atoms with van der Waals surface area (Å²) in [6.45, 7) is 4.98. The Morgan fingerprint density at radius 2 is 1.92 bits per heavy atom. The molecule has 5 rings (SSSR count). The summed E-state index contributed by atoms with van der Waals surface area (Å²) < 4.78 is 71.5. The van der Waals surface area contributed by atoms with E-state index in [0.717, 1.165) is 17.8 Å². The summed E-state index contributed by atoms with van der Waals surface area (Å²) in [5, 5.41) is 3.90. The number of sulfonamides is 1. The number of hydrogen-bond donors (Lipinski definition) is 2. The molecule has 0 saturated carbocycles. The summed E-state index contributed by atoms with van der Waals surface area (Å²) in [5.74, 6) is 1.59. The summed E-state index contributed by atoms with van der Waals surface area (Å²) in [4.78, 5) is 11.2. The predicted octanol–water partition coefficient (Wildman–Crippen LogP) is 3.55. The molecule has 3 N–H and O–H groups in total. The first-order chi connectivity index (χ1) is 17.3. The second-order valence-corrected chi connectivity index (χ2v) is 11.5. The average Bonchev–Trinajstić information content (AvgIpc) is 2.81. The Balaban J connectivity index is 1.50. The minimum atomic E-state index is -4.52. The van der Waals surface area contributed by atoms with Gasteiger partial charge in [-0.05, 0) is 43.7 Å². The van der Waals surface area contributed by atoms with E-state index in [1.807, 2.05) is 12.1 Å². The van der Waals surface area contributed by atoms with Crippen LogP contribution in [-0.2, 0) is 16.2 Å². The van der Waals surface area contributed by atoms with Gasteiger partial charge in [-0.2, -0.15) is 17.5 Å². The van der Waals surface area contributed by atoms with Crippen LogP contribution in [0.25, 0.3) is 10.9 Å². The van der Waals surface area contributed by atoms with Crippen LogP contribution in [0.3, 0.4) is 0 Å². The first-order valence-corrected chi connectivity index (χ1v) is 13.6. The molecule has 2 atom stereocenters. The van der Waals surface area contributed by atoms with E-state index < -0.39 is 27.8 Å². The van der Waals surface area contributed by atoms with Crippen molar-refractivity contribution in [3.8, 4) is 5.75 Å². The largest absolute Gasteiger partial charge is 0.489 e. The number of hydrogen-bond acceptors (Lipinski definition) is 8. The zero-order valence-corrected chi connectivity index (χ0v) is 21.3. The van der Waals surface area contributed by atoms with Crippen molar-refractivity contribution < 1.29 is 26.3 Å². The highest BCUT2D eigenvalue weighted by atomic mass is 32.2. The highest BCUT2D eigenvalue weighted by Gasteiger charge is 2.36. The van der Waals surface area contributed by atoms with Gasteiger partial charge < -0.3 is 20.7 Å². The number of aromatic nitrogens is 2. The Morgan fingerprint density at radius 3 is 2.62 bits per heavy atom. The number of aryl methyl sites for hydroxylation is 1. The maximum absolute atomic E-state index is 13.3. The average molecular weight is 537 g/mol. The Labute approximate surface area is 212 Å². The van der Waals surface area contributed by atoms with E-state index in [4.69, 9.17) is 10.5 Å². The van der Waals surface area contributed by atoms with Gasteiger partial charge in [0.05, 0.1) is 35.1 Å². The van der Waals surface area contributed by atoms with E-state index in [-0.39, 0.29) is 11.7 Å². The Morgan fingerprint density at radius 1 is 1.16 bits per heavy atom. The summed E-state index contributed by atoms with van der Waals surface area (Å²) >= 11 is 0. The number of piperazine rings is 1. The maximum Gasteiger partial charge on any atom is 0.416 e. The van der Waals surface area contributed by atoms with E-state index in [0.29, 0.717) is 60.1 Å². The highest BCUT2D eigenvalue weighted by molar-refractivity contribution is 7.88. The molecule has 0 spiro atoms. The Kier molecular flexibility index (Phi) is 6.10. The molecule has 37 heavy (non-hydrogen) atoms. The van der Waals surface area contributed by atoms with Crippen LogP contribution in [0.15, 0.2) is 30.3 Å². The maximum atomic E-state index is 13.3. The van der Waals surface area contributed by atoms with Crippen LogP contribution in [0.4, 0.5) is 30.4 Å². The van der Waals surface area contributed by atoms with E-state index in [9.17, 15) is 21.6 Å². The summed E-state index contributed by atoms with van der Waals surface area (Å²) in [5.41, 5.74) is 6.76. The number of ether oxygens (including phenoxy) is 1. The molecule has 2 aliphatic rings. The van der Waals surface area contributed by atoms with E-state index in [1.54, 1.807) is 13.8 Å². The molecule has 2 aromatic carbocycles. The minimum absolute atomic E-state index is 0.0210. The van der Waals surface area contributed by atoms with Crippen LogP contribution in [0.2, 0.25) is 0 Å². The molecule has 3 aromatic rings. The molecule has 0 radical (unpaired) electrons. The third kappa shape index (κ3) is 4.97. The molecular formula is C24H27F3N6O3S. The van der Waals surface area contributed by atoms with Gasteiger partial charge in [0.15, 0.2) is 0 Å². The third-order valence-corrected chi connectivity index (χ3v) is 7.97. The molecule has 198 valence electrons. The molecular weight excluding hydrogens is 509 g/mol. The Bertz CT molecular complexity index is 1480. The van der Waals surface area contributed by atoms with Gasteiger partial charge >= 0.3 is 6.18 Å². The van der Waals surface area contributed by atoms with Crippen LogP contribution in [0, 0.1) is 6.92 Å². The number of anilines is 3. The second kappa shape index (κ2) is 8.91. The van der Waals surface area contributed by atoms with Gasteiger partial charge in [-0.3, -0.25) is 0 Å². The van der Waals surface area contributed by atoms with Crippen molar-refractivity contribution >= 4 is 38.1 Å². The van der Waals surface area contributed by atoms with Crippen LogP contribution >= 0.6 is 0 Å². The first kappa shape index (κ1) is 25.3. The Hall–Kier alpha value is -3.32. The topological polar surface area (TPSA) is 114 Å². The van der Waals surface area contributed by atoms with Crippen molar-refractivity contribution in [3.05, 3.63) is 47.3 Å². The smallest absolute Gasteiger partial charge is 0.416 e. The molecule has 0 amide bonds. The van der Waals surface area contributed by atoms with Crippen LogP contribution in [0.5, 0.6) is 5.75 Å². The summed E-state index contributed by atoms with van der Waals surface area (Å²) in [6, 6.07) is 6.51. The molecule has 1 saturated heterocycles. The van der Waals surface area contributed by atoms with Crippen molar-refractivity contribution in [1.29, 1.82) is 0 Å². The van der Waals surface area contributed by atoms with Gasteiger partial charge in [-0.25, -0.2) is 18.4 Å². The lowest BCUT2D eigenvalue weighted by molar-refractivity contribution is -0.137. The lowest BCUT2D eigenvalue weighted by atomic mass is 10.0. The number of nitrogen functional groups attached to an aromatic ring is 1. The number of nitrogens with two attached hydrogens (primary N) is 1. The molecule has 1 fully saturated rings. The second-order valence-electron chi connectivity index (χ2n) is 9.49. The SMILES string of the molecule is Cc1nc(N[C@H](C)c2cc(N)cc(C(F)(F)F)c2)c2cc3c(cc2n1)OC[C@H]1CN(S(C)(=O)=O)CCN31. The zero-order chi connectivity index (χ0) is 26.7. The van der Waals surface area contributed by atoms with Crippen LogP contribution in [0.1, 0.15) is 29.9 Å². The quantitative estimate of drug-likeness (QED) is 0.487. The predicted molar refractivity (Wildman–Crippen MR) is 135 cm³/mol. The summed E-state index contributed by atoms with van der Waals surface area (Å²) in [6.07, 6.45) is -3.32. The number of fused-ring (bicyclic) bond motifs is 4. The third-order valence-electron chi connectivity index (χ3n) is 6.70. The van der Waals surface area contributed by atoms with Gasteiger partial charge in [-0.15, -0.1) is 0 Å². The minimum Gasteiger partial charge on any atom is -0.489 e. The molecule has 0 aliphatic carbocycles. The van der Waals surface area contributed by atoms with Crippen molar-refractivity contribution in [2.24, 2.45) is 0 Å². The first-order valence-electron chi connectivity index (χ1n) is 11.7. The normalized spacial score (nSPS) is 19.2. The fourth-order valence-corrected chi connectivity index (χ4v) is 5.72. The molecule has 9 nitrogen and oxygen atoms in total. The number of nitrogens with one attached hydrogen (secondary N) is 1. The lowest BCUT2D eigenvalue weighted by Gasteiger charge is -2.44. The fourth-order valence-electron chi connectivity index (χ4n) is 4.86. The number of alkyl halides is 3. The van der Waals surface area contributed by atoms with E-state index >= 15 is 0 Å². The van der Waals surface area contributed by atoms with Gasteiger partial charge in [0, 0.05) is 36.8 Å². The van der Waals surface area contributed by atoms with Crippen molar-refractivity contribution in [3.63, 3.8) is 0 Å². The molecule has 2 aliphatic heterocycles. The molecule has 0 unspecified atom stereocenters. The van der Waals surface area contributed by atoms with Crippen LogP contribution < -0.4 is 20.7 Å². The van der Waals surface area contributed by atoms with Gasteiger partial charge in [0.1, 0.15) is 24.0 Å². The number of halogens is 3. The molecule has 1 aromatic heterocycles. The number of nitrogens with zero attached hydrogens (tertiary/aromatic N) is 4. The fraction of sp³-hybridized carbons (Fsp3) is 0.417. The highest BCUT2D eigenvalue weighted by Crippen LogP contribution is 2.40. The van der Waals surface area contributed by atoms with E-state index in [2.05, 4.69) is 20.2 Å². The van der Waals surface area contributed by atoms with E-state index in [1.165, 1.54) is 16.6 Å². The van der Waals surface area contributed by atoms with Gasteiger partial charge in [0.25, 0.3) is 0 Å². The van der Waals surface area contributed by atoms with Crippen LogP contribution in [-0.4, -0.2) is 61.2 Å². The molecule has 13 heteroatoms. The monoisotopic (exact) mass is 536 g/mol. The number of benzene rings is 2. The molecule has 3 heterocycles. The van der Waals surface area contributed by atoms with Crippen molar-refractivity contribution in [2.75, 3.05) is 48.4 Å². The van der Waals surface area contributed by atoms with Gasteiger partial charge in [0.2, 0.25) is 10.0 Å². The summed E-state index contributed by atoms with van der Waals surface area (Å²) in [7, 11) is -3.31. The van der Waals surface area contributed by atoms with Crippen molar-refractivity contribution in [2.45, 2.75) is 32.1 Å². The van der Waals surface area contributed by atoms with Gasteiger partial charge in [-0.1, -0.05) is 0 Å². The standard InChI is InChI=1S/C24H27F3N6O3S/c1-13(15-6-16(24(25,26)27)8-17(28)7-15)29-23-19-9-21-22(10-20(19)30-14(2)31-23)36-12-18-11-32(37(3,34)35)4-5-33(18)21/h6-10,13,18H,4-5,11-12,28H2,1-3H3,(H,29,30,31)/t13-,18-/m1/s1. The molecule has 0 bridgehead atoms. The van der Waals surface area contributed by atoms with Crippen molar-refractivity contribution in [1.82, 2.24) is 14.3 Å². The number of rotatable bonds is 4. The lowest BCUT2D eigenvalue weighted by Crippen LogP contribution is -2.58.